The summed E-state index contributed by atoms with van der Waals surface area (Å²) in [4.78, 5) is 0. The van der Waals surface area contributed by atoms with Crippen LogP contribution in [0.4, 0.5) is 4.39 Å². The molecular weight excluding hydrogens is 395 g/mol. The highest BCUT2D eigenvalue weighted by molar-refractivity contribution is 7.86. The van der Waals surface area contributed by atoms with E-state index in [-0.39, 0.29) is 27.4 Å². The van der Waals surface area contributed by atoms with E-state index in [0.29, 0.717) is 17.1 Å². The van der Waals surface area contributed by atoms with Crippen LogP contribution in [0.3, 0.4) is 0 Å². The zero-order chi connectivity index (χ0) is 20.9. The Morgan fingerprint density at radius 2 is 1.68 bits per heavy atom. The number of rotatable bonds is 8. The second-order valence-corrected chi connectivity index (χ2v) is 10.7. The molecule has 2 rings (SSSR count). The normalized spacial score (nSPS) is 14.1. The maximum atomic E-state index is 15.5. The summed E-state index contributed by atoms with van der Waals surface area (Å²) in [5.74, 6) is 0.580. The molecular formula is C23H30ClFO2S. The molecule has 0 heterocycles. The number of ether oxygens (including phenoxy) is 1. The van der Waals surface area contributed by atoms with E-state index in [0.717, 1.165) is 12.8 Å². The van der Waals surface area contributed by atoms with E-state index in [1.807, 2.05) is 39.0 Å². The molecule has 0 aromatic heterocycles. The highest BCUT2D eigenvalue weighted by Crippen LogP contribution is 2.40. The van der Waals surface area contributed by atoms with Crippen LogP contribution < -0.4 is 4.74 Å². The van der Waals surface area contributed by atoms with Gasteiger partial charge in [0.15, 0.2) is 11.6 Å². The lowest BCUT2D eigenvalue weighted by Crippen LogP contribution is -2.29. The zero-order valence-electron chi connectivity index (χ0n) is 17.3. The van der Waals surface area contributed by atoms with Crippen LogP contribution in [0.25, 0.3) is 0 Å². The minimum atomic E-state index is -1.09. The fraction of sp³-hybridized carbons (Fsp3) is 0.478. The van der Waals surface area contributed by atoms with E-state index in [2.05, 4.69) is 13.8 Å². The first-order valence-electron chi connectivity index (χ1n) is 9.78. The standard InChI is InChI=1S/C23H30ClFO2S/c1-6-16(7-2)19(15-28(26)23(3,4)5)18-13-14-20(24)22(21(18)25)27-17-11-9-8-10-12-17/h8-14,16,19H,6-7,15H2,1-5H3/t19-,28-/m0/s1. The van der Waals surface area contributed by atoms with E-state index in [1.165, 1.54) is 0 Å². The third kappa shape index (κ3) is 5.57. The Balaban J connectivity index is 2.47. The molecule has 2 aromatic carbocycles. The third-order valence-electron chi connectivity index (χ3n) is 5.07. The summed E-state index contributed by atoms with van der Waals surface area (Å²) in [5.41, 5.74) is 0.529. The van der Waals surface area contributed by atoms with E-state index in [1.54, 1.807) is 24.3 Å². The molecule has 0 aliphatic heterocycles. The first-order valence-corrected chi connectivity index (χ1v) is 11.5. The Morgan fingerprint density at radius 3 is 2.21 bits per heavy atom. The van der Waals surface area contributed by atoms with Gasteiger partial charge >= 0.3 is 0 Å². The molecule has 0 N–H and O–H groups in total. The largest absolute Gasteiger partial charge is 0.453 e. The van der Waals surface area contributed by atoms with Gasteiger partial charge in [-0.1, -0.05) is 62.6 Å². The lowest BCUT2D eigenvalue weighted by Gasteiger charge is -2.29. The molecule has 0 spiro atoms. The van der Waals surface area contributed by atoms with Gasteiger partial charge in [0.1, 0.15) is 5.75 Å². The Hall–Kier alpha value is -1.39. The van der Waals surface area contributed by atoms with Crippen molar-refractivity contribution in [3.63, 3.8) is 0 Å². The zero-order valence-corrected chi connectivity index (χ0v) is 18.9. The number of hydrogen-bond acceptors (Lipinski definition) is 2. The first kappa shape index (κ1) is 22.9. The molecule has 2 nitrogen and oxygen atoms in total. The van der Waals surface area contributed by atoms with Gasteiger partial charge in [-0.05, 0) is 50.5 Å². The quantitative estimate of drug-likeness (QED) is 0.443. The Morgan fingerprint density at radius 1 is 1.07 bits per heavy atom. The highest BCUT2D eigenvalue weighted by atomic mass is 35.5. The topological polar surface area (TPSA) is 26.3 Å². The fourth-order valence-corrected chi connectivity index (χ4v) is 4.75. The summed E-state index contributed by atoms with van der Waals surface area (Å²) in [5, 5.41) is 0.227. The molecule has 0 fully saturated rings. The van der Waals surface area contributed by atoms with E-state index in [4.69, 9.17) is 16.3 Å². The van der Waals surface area contributed by atoms with Crippen LogP contribution in [-0.4, -0.2) is 14.7 Å². The average Bonchev–Trinajstić information content (AvgIpc) is 2.65. The summed E-state index contributed by atoms with van der Waals surface area (Å²) in [7, 11) is -1.09. The van der Waals surface area contributed by atoms with Gasteiger partial charge in [-0.3, -0.25) is 4.21 Å². The summed E-state index contributed by atoms with van der Waals surface area (Å²) < 4.78 is 33.8. The van der Waals surface area contributed by atoms with Crippen molar-refractivity contribution in [3.05, 3.63) is 58.9 Å². The molecule has 0 bridgehead atoms. The van der Waals surface area contributed by atoms with E-state index < -0.39 is 16.6 Å². The molecule has 0 saturated heterocycles. The van der Waals surface area contributed by atoms with Crippen molar-refractivity contribution in [1.82, 2.24) is 0 Å². The maximum Gasteiger partial charge on any atom is 0.181 e. The van der Waals surface area contributed by atoms with Crippen LogP contribution in [0.1, 0.15) is 58.9 Å². The molecule has 0 aliphatic rings. The molecule has 0 aliphatic carbocycles. The minimum Gasteiger partial charge on any atom is -0.453 e. The summed E-state index contributed by atoms with van der Waals surface area (Å²) in [6.45, 7) is 10.0. The minimum absolute atomic E-state index is 0.0304. The molecule has 2 atom stereocenters. The summed E-state index contributed by atoms with van der Waals surface area (Å²) in [6, 6.07) is 12.4. The van der Waals surface area contributed by atoms with Gasteiger partial charge in [-0.25, -0.2) is 4.39 Å². The lowest BCUT2D eigenvalue weighted by atomic mass is 9.83. The first-order chi connectivity index (χ1) is 13.2. The smallest absolute Gasteiger partial charge is 0.181 e. The van der Waals surface area contributed by atoms with Gasteiger partial charge in [-0.2, -0.15) is 0 Å². The maximum absolute atomic E-state index is 15.5. The van der Waals surface area contributed by atoms with Gasteiger partial charge in [0.25, 0.3) is 0 Å². The van der Waals surface area contributed by atoms with Crippen molar-refractivity contribution in [2.75, 3.05) is 5.75 Å². The molecule has 5 heteroatoms. The SMILES string of the molecule is CCC(CC)[C@H](C[S@](=O)C(C)(C)C)c1ccc(Cl)c(Oc2ccccc2)c1F. The van der Waals surface area contributed by atoms with Crippen molar-refractivity contribution in [2.24, 2.45) is 5.92 Å². The van der Waals surface area contributed by atoms with Crippen molar-refractivity contribution >= 4 is 22.4 Å². The van der Waals surface area contributed by atoms with Gasteiger partial charge in [0, 0.05) is 27.2 Å². The Kier molecular flexibility index (Phi) is 8.08. The predicted molar refractivity (Wildman–Crippen MR) is 118 cm³/mol. The molecule has 2 aromatic rings. The number of hydrogen-bond donors (Lipinski definition) is 0. The van der Waals surface area contributed by atoms with Crippen LogP contribution in [0.15, 0.2) is 42.5 Å². The van der Waals surface area contributed by atoms with Crippen LogP contribution in [0.2, 0.25) is 5.02 Å². The average molecular weight is 425 g/mol. The van der Waals surface area contributed by atoms with Crippen LogP contribution in [0, 0.1) is 11.7 Å². The molecule has 0 amide bonds. The molecule has 154 valence electrons. The number of halogens is 2. The lowest BCUT2D eigenvalue weighted by molar-refractivity contribution is 0.394. The molecule has 0 unspecified atom stereocenters. The summed E-state index contributed by atoms with van der Waals surface area (Å²) in [6.07, 6.45) is 1.78. The van der Waals surface area contributed by atoms with Crippen LogP contribution >= 0.6 is 11.6 Å². The molecule has 0 saturated carbocycles. The molecule has 0 radical (unpaired) electrons. The highest BCUT2D eigenvalue weighted by Gasteiger charge is 2.31. The predicted octanol–water partition coefficient (Wildman–Crippen LogP) is 7.34. The van der Waals surface area contributed by atoms with Gasteiger partial charge in [0.2, 0.25) is 0 Å². The summed E-state index contributed by atoms with van der Waals surface area (Å²) >= 11 is 6.26. The monoisotopic (exact) mass is 424 g/mol. The van der Waals surface area contributed by atoms with Crippen LogP contribution in [0.5, 0.6) is 11.5 Å². The van der Waals surface area contributed by atoms with E-state index >= 15 is 4.39 Å². The third-order valence-corrected chi connectivity index (χ3v) is 7.40. The van der Waals surface area contributed by atoms with Crippen molar-refractivity contribution in [3.8, 4) is 11.5 Å². The second-order valence-electron chi connectivity index (χ2n) is 8.00. The fourth-order valence-electron chi connectivity index (χ4n) is 3.28. The Bertz CT molecular complexity index is 798. The Labute approximate surface area is 175 Å². The van der Waals surface area contributed by atoms with Crippen molar-refractivity contribution in [2.45, 2.75) is 58.1 Å². The van der Waals surface area contributed by atoms with Crippen molar-refractivity contribution < 1.29 is 13.3 Å². The van der Waals surface area contributed by atoms with Crippen molar-refractivity contribution in [1.29, 1.82) is 0 Å². The van der Waals surface area contributed by atoms with Crippen LogP contribution in [-0.2, 0) is 10.8 Å². The van der Waals surface area contributed by atoms with Gasteiger partial charge in [0.05, 0.1) is 5.02 Å². The number of para-hydroxylation sites is 1. The van der Waals surface area contributed by atoms with Gasteiger partial charge < -0.3 is 4.74 Å². The van der Waals surface area contributed by atoms with Gasteiger partial charge in [-0.15, -0.1) is 0 Å². The molecule has 28 heavy (non-hydrogen) atoms. The second kappa shape index (κ2) is 9.89. The van der Waals surface area contributed by atoms with E-state index in [9.17, 15) is 4.21 Å². The number of benzene rings is 2.